The van der Waals surface area contributed by atoms with Gasteiger partial charge in [-0.15, -0.1) is 0 Å². The normalized spacial score (nSPS) is 28.6. The molecule has 1 fully saturated rings. The Morgan fingerprint density at radius 3 is 2.71 bits per heavy atom. The van der Waals surface area contributed by atoms with Crippen molar-refractivity contribution < 1.29 is 14.3 Å². The molecule has 1 saturated carbocycles. The molecule has 0 amide bonds. The Morgan fingerprint density at radius 1 is 1.47 bits per heavy atom. The Hall–Kier alpha value is -0.570. The van der Waals surface area contributed by atoms with Crippen molar-refractivity contribution in [2.75, 3.05) is 13.7 Å². The highest BCUT2D eigenvalue weighted by atomic mass is 16.5. The lowest BCUT2D eigenvalue weighted by Gasteiger charge is -2.34. The minimum Gasteiger partial charge on any atom is -0.469 e. The van der Waals surface area contributed by atoms with Crippen molar-refractivity contribution >= 4 is 5.97 Å². The zero-order valence-corrected chi connectivity index (χ0v) is 11.6. The van der Waals surface area contributed by atoms with E-state index in [-0.39, 0.29) is 12.1 Å². The van der Waals surface area contributed by atoms with Crippen LogP contribution in [-0.4, -0.2) is 25.8 Å². The molecule has 0 saturated heterocycles. The van der Waals surface area contributed by atoms with E-state index in [0.29, 0.717) is 5.92 Å². The summed E-state index contributed by atoms with van der Waals surface area (Å²) in [6.45, 7) is 7.14. The van der Waals surface area contributed by atoms with Crippen LogP contribution in [0.2, 0.25) is 0 Å². The lowest BCUT2D eigenvalue weighted by atomic mass is 9.77. The second kappa shape index (κ2) is 6.39. The SMILES string of the molecule is CCCOC1CCCC1(CC(C)C)C(=O)OC. The summed E-state index contributed by atoms with van der Waals surface area (Å²) in [7, 11) is 1.49. The molecule has 1 aliphatic carbocycles. The molecular weight excluding hydrogens is 216 g/mol. The van der Waals surface area contributed by atoms with E-state index in [1.807, 2.05) is 0 Å². The third-order valence-corrected chi connectivity index (χ3v) is 3.59. The molecule has 1 aliphatic rings. The monoisotopic (exact) mass is 242 g/mol. The van der Waals surface area contributed by atoms with Gasteiger partial charge in [0.05, 0.1) is 18.6 Å². The number of carbonyl (C=O) groups excluding carboxylic acids is 1. The fourth-order valence-corrected chi connectivity index (χ4v) is 3.03. The van der Waals surface area contributed by atoms with Crippen molar-refractivity contribution in [3.05, 3.63) is 0 Å². The van der Waals surface area contributed by atoms with Gasteiger partial charge in [0.25, 0.3) is 0 Å². The molecule has 0 aromatic rings. The van der Waals surface area contributed by atoms with Gasteiger partial charge >= 0.3 is 5.97 Å². The summed E-state index contributed by atoms with van der Waals surface area (Å²) < 4.78 is 10.9. The van der Waals surface area contributed by atoms with Gasteiger partial charge in [-0.05, 0) is 38.0 Å². The third kappa shape index (κ3) is 3.21. The van der Waals surface area contributed by atoms with Gasteiger partial charge in [0.15, 0.2) is 0 Å². The van der Waals surface area contributed by atoms with Crippen LogP contribution in [0.3, 0.4) is 0 Å². The molecule has 0 bridgehead atoms. The largest absolute Gasteiger partial charge is 0.469 e. The molecule has 0 aromatic carbocycles. The minimum atomic E-state index is -0.391. The van der Waals surface area contributed by atoms with Crippen LogP contribution in [0.15, 0.2) is 0 Å². The lowest BCUT2D eigenvalue weighted by Crippen LogP contribution is -2.42. The summed E-state index contributed by atoms with van der Waals surface area (Å²) in [5, 5.41) is 0. The summed E-state index contributed by atoms with van der Waals surface area (Å²) in [4.78, 5) is 12.1. The fraction of sp³-hybridized carbons (Fsp3) is 0.929. The van der Waals surface area contributed by atoms with E-state index in [0.717, 1.165) is 38.7 Å². The highest BCUT2D eigenvalue weighted by Gasteiger charge is 2.50. The van der Waals surface area contributed by atoms with Crippen LogP contribution in [0.5, 0.6) is 0 Å². The molecule has 0 radical (unpaired) electrons. The summed E-state index contributed by atoms with van der Waals surface area (Å²) >= 11 is 0. The molecule has 0 aliphatic heterocycles. The van der Waals surface area contributed by atoms with Gasteiger partial charge in [0.1, 0.15) is 0 Å². The van der Waals surface area contributed by atoms with E-state index in [9.17, 15) is 4.79 Å². The van der Waals surface area contributed by atoms with Crippen LogP contribution in [0, 0.1) is 11.3 Å². The molecule has 0 spiro atoms. The predicted molar refractivity (Wildman–Crippen MR) is 67.8 cm³/mol. The van der Waals surface area contributed by atoms with Crippen molar-refractivity contribution in [3.8, 4) is 0 Å². The molecule has 17 heavy (non-hydrogen) atoms. The average molecular weight is 242 g/mol. The van der Waals surface area contributed by atoms with Gasteiger partial charge in [-0.1, -0.05) is 20.8 Å². The maximum atomic E-state index is 12.1. The van der Waals surface area contributed by atoms with Crippen LogP contribution in [0.4, 0.5) is 0 Å². The summed E-state index contributed by atoms with van der Waals surface area (Å²) in [5.74, 6) is 0.407. The van der Waals surface area contributed by atoms with Gasteiger partial charge < -0.3 is 9.47 Å². The molecule has 100 valence electrons. The minimum absolute atomic E-state index is 0.0531. The first-order valence-corrected chi connectivity index (χ1v) is 6.76. The zero-order valence-electron chi connectivity index (χ0n) is 11.6. The maximum absolute atomic E-state index is 12.1. The molecule has 0 N–H and O–H groups in total. The Morgan fingerprint density at radius 2 is 2.18 bits per heavy atom. The standard InChI is InChI=1S/C14H26O3/c1-5-9-17-12-7-6-8-14(12,10-11(2)3)13(15)16-4/h11-12H,5-10H2,1-4H3. The Balaban J connectivity index is 2.82. The number of hydrogen-bond acceptors (Lipinski definition) is 3. The van der Waals surface area contributed by atoms with E-state index in [1.165, 1.54) is 7.11 Å². The predicted octanol–water partition coefficient (Wildman–Crippen LogP) is 3.17. The van der Waals surface area contributed by atoms with Crippen molar-refractivity contribution in [1.82, 2.24) is 0 Å². The number of ether oxygens (including phenoxy) is 2. The van der Waals surface area contributed by atoms with Gasteiger partial charge in [0.2, 0.25) is 0 Å². The van der Waals surface area contributed by atoms with E-state index < -0.39 is 5.41 Å². The highest BCUT2D eigenvalue weighted by Crippen LogP contribution is 2.46. The molecule has 3 nitrogen and oxygen atoms in total. The van der Waals surface area contributed by atoms with Crippen molar-refractivity contribution in [3.63, 3.8) is 0 Å². The van der Waals surface area contributed by atoms with Crippen molar-refractivity contribution in [1.29, 1.82) is 0 Å². The summed E-state index contributed by atoms with van der Waals surface area (Å²) in [6.07, 6.45) is 4.88. The van der Waals surface area contributed by atoms with Gasteiger partial charge in [-0.25, -0.2) is 0 Å². The quantitative estimate of drug-likeness (QED) is 0.671. The topological polar surface area (TPSA) is 35.5 Å². The lowest BCUT2D eigenvalue weighted by molar-refractivity contribution is -0.163. The third-order valence-electron chi connectivity index (χ3n) is 3.59. The van der Waals surface area contributed by atoms with E-state index in [1.54, 1.807) is 0 Å². The Kier molecular flexibility index (Phi) is 5.44. The second-order valence-corrected chi connectivity index (χ2v) is 5.50. The van der Waals surface area contributed by atoms with Crippen LogP contribution in [-0.2, 0) is 14.3 Å². The number of hydrogen-bond donors (Lipinski definition) is 0. The van der Waals surface area contributed by atoms with Crippen LogP contribution in [0.1, 0.15) is 52.9 Å². The van der Waals surface area contributed by atoms with Crippen LogP contribution < -0.4 is 0 Å². The Labute approximate surface area is 105 Å². The second-order valence-electron chi connectivity index (χ2n) is 5.50. The molecule has 2 atom stereocenters. The number of carbonyl (C=O) groups is 1. The first-order valence-electron chi connectivity index (χ1n) is 6.76. The summed E-state index contributed by atoms with van der Waals surface area (Å²) in [6, 6.07) is 0. The van der Waals surface area contributed by atoms with Crippen molar-refractivity contribution in [2.24, 2.45) is 11.3 Å². The van der Waals surface area contributed by atoms with Gasteiger partial charge in [-0.2, -0.15) is 0 Å². The molecule has 2 unspecified atom stereocenters. The smallest absolute Gasteiger partial charge is 0.314 e. The van der Waals surface area contributed by atoms with E-state index >= 15 is 0 Å². The van der Waals surface area contributed by atoms with Gasteiger partial charge in [-0.3, -0.25) is 4.79 Å². The molecule has 3 heteroatoms. The van der Waals surface area contributed by atoms with Crippen LogP contribution >= 0.6 is 0 Å². The molecule has 1 rings (SSSR count). The molecular formula is C14H26O3. The number of esters is 1. The highest BCUT2D eigenvalue weighted by molar-refractivity contribution is 5.78. The number of methoxy groups -OCH3 is 1. The first kappa shape index (κ1) is 14.5. The van der Waals surface area contributed by atoms with Crippen LogP contribution in [0.25, 0.3) is 0 Å². The fourth-order valence-electron chi connectivity index (χ4n) is 3.03. The van der Waals surface area contributed by atoms with Crippen molar-refractivity contribution in [2.45, 2.75) is 59.0 Å². The van der Waals surface area contributed by atoms with E-state index in [4.69, 9.17) is 9.47 Å². The van der Waals surface area contributed by atoms with Gasteiger partial charge in [0, 0.05) is 6.61 Å². The summed E-state index contributed by atoms with van der Waals surface area (Å²) in [5.41, 5.74) is -0.391. The van der Waals surface area contributed by atoms with E-state index in [2.05, 4.69) is 20.8 Å². The maximum Gasteiger partial charge on any atom is 0.314 e. The average Bonchev–Trinajstić information content (AvgIpc) is 2.68. The first-order chi connectivity index (χ1) is 8.06. The Bertz CT molecular complexity index is 250. The molecule has 0 aromatic heterocycles. The number of rotatable bonds is 6. The molecule has 0 heterocycles. The zero-order chi connectivity index (χ0) is 12.9.